The van der Waals surface area contributed by atoms with E-state index in [2.05, 4.69) is 0 Å². The first-order valence-corrected chi connectivity index (χ1v) is 7.92. The molecule has 0 aromatic heterocycles. The minimum atomic E-state index is -4.53. The topological polar surface area (TPSA) is 98.9 Å². The highest BCUT2D eigenvalue weighted by Gasteiger charge is 2.29. The van der Waals surface area contributed by atoms with Gasteiger partial charge in [-0.2, -0.15) is 8.42 Å². The molecule has 0 aliphatic rings. The summed E-state index contributed by atoms with van der Waals surface area (Å²) < 4.78 is 44.1. The molecule has 0 spiro atoms. The highest BCUT2D eigenvalue weighted by Crippen LogP contribution is 2.39. The van der Waals surface area contributed by atoms with Crippen molar-refractivity contribution < 1.29 is 22.4 Å². The van der Waals surface area contributed by atoms with Crippen molar-refractivity contribution in [2.45, 2.75) is 57.6 Å². The summed E-state index contributed by atoms with van der Waals surface area (Å²) in [6, 6.07) is 2.70. The Labute approximate surface area is 126 Å². The van der Waals surface area contributed by atoms with Gasteiger partial charge in [-0.25, -0.2) is 0 Å². The van der Waals surface area contributed by atoms with Gasteiger partial charge in [-0.3, -0.25) is 4.55 Å². The SMILES string of the molecule is CC(C)(C)Oc1cc(N)cc(OC(C)(C)C)c1S(=O)(=O)O. The minimum absolute atomic E-state index is 0.0377. The number of rotatable bonds is 3. The first-order valence-electron chi connectivity index (χ1n) is 6.48. The van der Waals surface area contributed by atoms with Crippen molar-refractivity contribution in [3.05, 3.63) is 12.1 Å². The summed E-state index contributed by atoms with van der Waals surface area (Å²) in [5.74, 6) is -0.0755. The fraction of sp³-hybridized carbons (Fsp3) is 0.571. The van der Waals surface area contributed by atoms with Crippen LogP contribution in [0.15, 0.2) is 17.0 Å². The first-order chi connectivity index (χ1) is 9.19. The second kappa shape index (κ2) is 5.38. The molecule has 3 N–H and O–H groups in total. The van der Waals surface area contributed by atoms with E-state index in [4.69, 9.17) is 15.2 Å². The molecule has 0 amide bonds. The van der Waals surface area contributed by atoms with E-state index in [1.54, 1.807) is 41.5 Å². The summed E-state index contributed by atoms with van der Waals surface area (Å²) in [7, 11) is -4.53. The lowest BCUT2D eigenvalue weighted by Gasteiger charge is -2.26. The maximum absolute atomic E-state index is 11.7. The number of nitrogen functional groups attached to an aromatic ring is 1. The van der Waals surface area contributed by atoms with Gasteiger partial charge in [0.05, 0.1) is 0 Å². The fourth-order valence-electron chi connectivity index (χ4n) is 1.66. The van der Waals surface area contributed by atoms with Gasteiger partial charge in [-0.15, -0.1) is 0 Å². The Balaban J connectivity index is 3.57. The third-order valence-electron chi connectivity index (χ3n) is 2.13. The monoisotopic (exact) mass is 317 g/mol. The lowest BCUT2D eigenvalue weighted by Crippen LogP contribution is -2.26. The Bertz CT molecular complexity index is 587. The molecule has 120 valence electrons. The van der Waals surface area contributed by atoms with Crippen molar-refractivity contribution >= 4 is 15.8 Å². The van der Waals surface area contributed by atoms with Gasteiger partial charge in [0.1, 0.15) is 22.7 Å². The Kier molecular flexibility index (Phi) is 4.51. The molecule has 0 heterocycles. The van der Waals surface area contributed by atoms with Crippen LogP contribution in [0, 0.1) is 0 Å². The van der Waals surface area contributed by atoms with Crippen LogP contribution in [-0.4, -0.2) is 24.2 Å². The molecule has 0 unspecified atom stereocenters. The van der Waals surface area contributed by atoms with Gasteiger partial charge in [-0.05, 0) is 41.5 Å². The van der Waals surface area contributed by atoms with Crippen molar-refractivity contribution in [1.82, 2.24) is 0 Å². The Morgan fingerprint density at radius 3 is 1.52 bits per heavy atom. The van der Waals surface area contributed by atoms with Crippen molar-refractivity contribution in [1.29, 1.82) is 0 Å². The molecular weight excluding hydrogens is 294 g/mol. The third-order valence-corrected chi connectivity index (χ3v) is 3.05. The summed E-state index contributed by atoms with van der Waals surface area (Å²) >= 11 is 0. The average molecular weight is 317 g/mol. The summed E-state index contributed by atoms with van der Waals surface area (Å²) in [5, 5.41) is 0. The van der Waals surface area contributed by atoms with E-state index in [1.807, 2.05) is 0 Å². The van der Waals surface area contributed by atoms with Crippen molar-refractivity contribution in [2.24, 2.45) is 0 Å². The van der Waals surface area contributed by atoms with Crippen LogP contribution in [0.3, 0.4) is 0 Å². The second-order valence-corrected chi connectivity index (χ2v) is 8.11. The maximum atomic E-state index is 11.7. The van der Waals surface area contributed by atoms with Gasteiger partial charge in [0.25, 0.3) is 0 Å². The van der Waals surface area contributed by atoms with E-state index in [1.165, 1.54) is 12.1 Å². The lowest BCUT2D eigenvalue weighted by molar-refractivity contribution is 0.112. The molecule has 1 aromatic carbocycles. The number of anilines is 1. The smallest absolute Gasteiger partial charge is 0.301 e. The molecule has 0 fully saturated rings. The molecule has 0 radical (unpaired) electrons. The van der Waals surface area contributed by atoms with Crippen LogP contribution in [0.2, 0.25) is 0 Å². The predicted octanol–water partition coefficient (Wildman–Crippen LogP) is 2.87. The van der Waals surface area contributed by atoms with E-state index in [0.29, 0.717) is 0 Å². The number of hydrogen-bond donors (Lipinski definition) is 2. The Hall–Kier alpha value is -1.47. The third kappa shape index (κ3) is 5.43. The van der Waals surface area contributed by atoms with Crippen LogP contribution in [0.5, 0.6) is 11.5 Å². The normalized spacial score (nSPS) is 13.1. The number of nitrogens with two attached hydrogens (primary N) is 1. The quantitative estimate of drug-likeness (QED) is 0.657. The van der Waals surface area contributed by atoms with Gasteiger partial charge >= 0.3 is 10.1 Å². The summed E-state index contributed by atoms with van der Waals surface area (Å²) in [6.07, 6.45) is 0. The molecular formula is C14H23NO5S. The largest absolute Gasteiger partial charge is 0.486 e. The second-order valence-electron chi connectivity index (χ2n) is 6.75. The molecule has 21 heavy (non-hydrogen) atoms. The molecule has 6 nitrogen and oxygen atoms in total. The van der Waals surface area contributed by atoms with E-state index in [-0.39, 0.29) is 17.2 Å². The molecule has 0 saturated carbocycles. The zero-order valence-corrected chi connectivity index (χ0v) is 14.0. The van der Waals surface area contributed by atoms with Crippen LogP contribution in [-0.2, 0) is 10.1 Å². The summed E-state index contributed by atoms with van der Waals surface area (Å²) in [5.41, 5.74) is 4.73. The number of benzene rings is 1. The number of ether oxygens (including phenoxy) is 2. The standard InChI is InChI=1S/C14H23NO5S/c1-13(2,3)19-10-7-9(15)8-11(20-14(4,5)6)12(10)21(16,17)18/h7-8H,15H2,1-6H3,(H,16,17,18). The van der Waals surface area contributed by atoms with Gasteiger partial charge in [-0.1, -0.05) is 0 Å². The highest BCUT2D eigenvalue weighted by atomic mass is 32.2. The van der Waals surface area contributed by atoms with Crippen LogP contribution >= 0.6 is 0 Å². The van der Waals surface area contributed by atoms with Gasteiger partial charge in [0, 0.05) is 17.8 Å². The molecule has 0 aliphatic heterocycles. The Morgan fingerprint density at radius 1 is 0.952 bits per heavy atom. The van der Waals surface area contributed by atoms with Crippen LogP contribution < -0.4 is 15.2 Å². The van der Waals surface area contributed by atoms with Gasteiger partial charge in [0.2, 0.25) is 0 Å². The molecule has 1 rings (SSSR count). The zero-order valence-electron chi connectivity index (χ0n) is 13.2. The van der Waals surface area contributed by atoms with E-state index in [9.17, 15) is 13.0 Å². The summed E-state index contributed by atoms with van der Waals surface area (Å²) in [6.45, 7) is 10.5. The van der Waals surface area contributed by atoms with Gasteiger partial charge in [0.15, 0.2) is 4.90 Å². The zero-order chi connectivity index (χ0) is 16.6. The van der Waals surface area contributed by atoms with Crippen molar-refractivity contribution in [3.8, 4) is 11.5 Å². The van der Waals surface area contributed by atoms with Crippen molar-refractivity contribution in [2.75, 3.05) is 5.73 Å². The molecule has 0 atom stereocenters. The van der Waals surface area contributed by atoms with Crippen LogP contribution in [0.25, 0.3) is 0 Å². The fourth-order valence-corrected chi connectivity index (χ4v) is 2.37. The summed E-state index contributed by atoms with van der Waals surface area (Å²) in [4.78, 5) is -0.415. The van der Waals surface area contributed by atoms with E-state index < -0.39 is 26.2 Å². The van der Waals surface area contributed by atoms with Crippen molar-refractivity contribution in [3.63, 3.8) is 0 Å². The first kappa shape index (κ1) is 17.6. The van der Waals surface area contributed by atoms with E-state index in [0.717, 1.165) is 0 Å². The lowest BCUT2D eigenvalue weighted by atomic mass is 10.1. The minimum Gasteiger partial charge on any atom is -0.486 e. The van der Waals surface area contributed by atoms with Crippen LogP contribution in [0.1, 0.15) is 41.5 Å². The number of hydrogen-bond acceptors (Lipinski definition) is 5. The highest BCUT2D eigenvalue weighted by molar-refractivity contribution is 7.86. The van der Waals surface area contributed by atoms with E-state index >= 15 is 0 Å². The van der Waals surface area contributed by atoms with Crippen LogP contribution in [0.4, 0.5) is 5.69 Å². The Morgan fingerprint density at radius 2 is 1.29 bits per heavy atom. The molecule has 0 bridgehead atoms. The van der Waals surface area contributed by atoms with Gasteiger partial charge < -0.3 is 15.2 Å². The molecule has 7 heteroatoms. The molecule has 0 saturated heterocycles. The maximum Gasteiger partial charge on any atom is 0.301 e. The molecule has 0 aliphatic carbocycles. The average Bonchev–Trinajstić information content (AvgIpc) is 2.06. The predicted molar refractivity (Wildman–Crippen MR) is 81.4 cm³/mol. The molecule has 1 aromatic rings.